The van der Waals surface area contributed by atoms with E-state index in [9.17, 15) is 9.59 Å². The molecular weight excluding hydrogens is 919 g/mol. The highest BCUT2D eigenvalue weighted by molar-refractivity contribution is 7.22. The summed E-state index contributed by atoms with van der Waals surface area (Å²) in [6.07, 6.45) is 3.04. The van der Waals surface area contributed by atoms with Crippen LogP contribution in [0.5, 0.6) is 28.7 Å². The molecule has 4 aliphatic heterocycles. The second-order valence-electron chi connectivity index (χ2n) is 16.2. The van der Waals surface area contributed by atoms with Crippen LogP contribution in [-0.2, 0) is 49.1 Å². The minimum atomic E-state index is -0.655. The smallest absolute Gasteiger partial charge is 0.343 e. The van der Waals surface area contributed by atoms with E-state index in [1.165, 1.54) is 23.5 Å². The van der Waals surface area contributed by atoms with E-state index >= 15 is 0 Å². The topological polar surface area (TPSA) is 205 Å². The zero-order valence-corrected chi connectivity index (χ0v) is 38.8. The summed E-state index contributed by atoms with van der Waals surface area (Å²) in [7, 11) is 0. The third-order valence-corrected chi connectivity index (χ3v) is 11.6. The summed E-state index contributed by atoms with van der Waals surface area (Å²) in [5, 5.41) is 7.39. The summed E-state index contributed by atoms with van der Waals surface area (Å²) >= 11 is 1.53. The Balaban J connectivity index is 0.889. The van der Waals surface area contributed by atoms with Crippen molar-refractivity contribution >= 4 is 44.8 Å². The Morgan fingerprint density at radius 2 is 1.19 bits per heavy atom. The molecule has 20 heteroatoms. The number of nitrogens with zero attached hydrogens (tertiary/aromatic N) is 3. The van der Waals surface area contributed by atoms with Gasteiger partial charge in [0.05, 0.1) is 87.0 Å². The van der Waals surface area contributed by atoms with Gasteiger partial charge in [0.15, 0.2) is 50.2 Å². The molecule has 0 radical (unpaired) electrons. The summed E-state index contributed by atoms with van der Waals surface area (Å²) in [5.74, 6) is 0.289. The standard InChI is InChI=1S/C49H53N3O16S/c1-2-14-52(49-51-40-5-3-4-6-46(40)69-49)50-19-35-16-32(13-15-59-47(53)33-8-11-42(64-28-55-20-36-24-60-36)44(17-33)66-30-57-22-38-26-62-38)7-10-41(35)68-48(54)34-9-12-43(65-29-56-21-37-25-61-37)45(18-34)67-31-58-23-39-27-63-39/h3-12,16-19,36-39H,2,13-15,20-31H2,1H3/b50-19+. The first-order chi connectivity index (χ1) is 33.9. The summed E-state index contributed by atoms with van der Waals surface area (Å²) < 4.78 is 79.2. The van der Waals surface area contributed by atoms with Gasteiger partial charge in [-0.3, -0.25) is 0 Å². The van der Waals surface area contributed by atoms with Crippen molar-refractivity contribution in [2.45, 2.75) is 44.2 Å². The first-order valence-electron chi connectivity index (χ1n) is 22.7. The van der Waals surface area contributed by atoms with Crippen LogP contribution >= 0.6 is 11.3 Å². The number of carbonyl (C=O) groups excluding carboxylic acids is 2. The van der Waals surface area contributed by atoms with Gasteiger partial charge in [-0.15, -0.1) is 0 Å². The van der Waals surface area contributed by atoms with E-state index in [0.29, 0.717) is 82.9 Å². The SMILES string of the molecule is CCCN(/N=C/c1cc(CCOC(=O)c2ccc(OCOCC3CO3)c(OCOCC3CO3)c2)ccc1OC(=O)c1ccc(OCOCC2CO2)c(OCOCC2CO2)c1)c1nc2ccccc2s1. The molecular formula is C49H53N3O16S. The maximum absolute atomic E-state index is 13.9. The fraction of sp³-hybridized carbons (Fsp3) is 0.429. The van der Waals surface area contributed by atoms with Crippen molar-refractivity contribution in [3.05, 3.63) is 101 Å². The molecule has 0 N–H and O–H groups in total. The van der Waals surface area contributed by atoms with Crippen LogP contribution < -0.4 is 28.7 Å². The van der Waals surface area contributed by atoms with Gasteiger partial charge in [0.2, 0.25) is 5.13 Å². The number of anilines is 1. The molecule has 0 saturated carbocycles. The first-order valence-corrected chi connectivity index (χ1v) is 23.5. The van der Waals surface area contributed by atoms with Crippen LogP contribution in [0, 0.1) is 0 Å². The molecule has 4 fully saturated rings. The number of rotatable bonds is 31. The molecule has 4 saturated heterocycles. The van der Waals surface area contributed by atoms with Crippen molar-refractivity contribution in [1.82, 2.24) is 4.98 Å². The number of hydrazone groups is 1. The van der Waals surface area contributed by atoms with E-state index in [1.807, 2.05) is 35.3 Å². The van der Waals surface area contributed by atoms with Gasteiger partial charge in [-0.1, -0.05) is 36.5 Å². The van der Waals surface area contributed by atoms with E-state index in [1.54, 1.807) is 42.6 Å². The third kappa shape index (κ3) is 15.0. The molecule has 366 valence electrons. The van der Waals surface area contributed by atoms with Crippen LogP contribution in [-0.4, -0.2) is 141 Å². The van der Waals surface area contributed by atoms with Gasteiger partial charge in [-0.25, -0.2) is 19.6 Å². The van der Waals surface area contributed by atoms with Crippen LogP contribution in [0.1, 0.15) is 45.2 Å². The first kappa shape index (κ1) is 48.1. The Morgan fingerprint density at radius 3 is 1.72 bits per heavy atom. The number of para-hydroxylation sites is 1. The molecule has 19 nitrogen and oxygen atoms in total. The molecule has 5 heterocycles. The molecule has 1 aromatic heterocycles. The van der Waals surface area contributed by atoms with E-state index in [-0.39, 0.29) is 86.6 Å². The average molecular weight is 972 g/mol. The Morgan fingerprint density at radius 1 is 0.667 bits per heavy atom. The third-order valence-electron chi connectivity index (χ3n) is 10.6. The zero-order valence-electron chi connectivity index (χ0n) is 38.0. The zero-order chi connectivity index (χ0) is 47.2. The van der Waals surface area contributed by atoms with Crippen molar-refractivity contribution in [1.29, 1.82) is 0 Å². The number of carbonyl (C=O) groups is 2. The fourth-order valence-electron chi connectivity index (χ4n) is 6.50. The van der Waals surface area contributed by atoms with Crippen LogP contribution in [0.3, 0.4) is 0 Å². The Hall–Kier alpha value is -5.94. The molecule has 4 aliphatic rings. The number of thiazole rings is 1. The second-order valence-corrected chi connectivity index (χ2v) is 17.2. The van der Waals surface area contributed by atoms with Crippen LogP contribution in [0.2, 0.25) is 0 Å². The van der Waals surface area contributed by atoms with Crippen LogP contribution in [0.15, 0.2) is 84.0 Å². The molecule has 0 amide bonds. The largest absolute Gasteiger partial charge is 0.464 e. The Kier molecular flexibility index (Phi) is 16.8. The van der Waals surface area contributed by atoms with Crippen molar-refractivity contribution in [3.8, 4) is 28.7 Å². The Labute approximate surface area is 401 Å². The molecule has 4 atom stereocenters. The number of hydrogen-bond acceptors (Lipinski definition) is 20. The quantitative estimate of drug-likeness (QED) is 0.00926. The fourth-order valence-corrected chi connectivity index (χ4v) is 7.45. The van der Waals surface area contributed by atoms with Crippen molar-refractivity contribution in [2.75, 3.05) is 98.2 Å². The van der Waals surface area contributed by atoms with Gasteiger partial charge in [0, 0.05) is 18.5 Å². The highest BCUT2D eigenvalue weighted by atomic mass is 32.1. The van der Waals surface area contributed by atoms with E-state index < -0.39 is 11.9 Å². The normalized spacial score (nSPS) is 18.7. The van der Waals surface area contributed by atoms with Gasteiger partial charge in [0.25, 0.3) is 0 Å². The lowest BCUT2D eigenvalue weighted by molar-refractivity contribution is -0.00652. The number of hydrogen-bond donors (Lipinski definition) is 0. The number of epoxide rings is 4. The van der Waals surface area contributed by atoms with E-state index in [2.05, 4.69) is 6.92 Å². The van der Waals surface area contributed by atoms with Gasteiger partial charge in [-0.05, 0) is 72.6 Å². The number of fused-ring (bicyclic) bond motifs is 1. The summed E-state index contributed by atoms with van der Waals surface area (Å²) in [6.45, 7) is 6.63. The predicted molar refractivity (Wildman–Crippen MR) is 248 cm³/mol. The summed E-state index contributed by atoms with van der Waals surface area (Å²) in [4.78, 5) is 32.1. The number of ether oxygens (including phenoxy) is 14. The lowest BCUT2D eigenvalue weighted by atomic mass is 10.1. The van der Waals surface area contributed by atoms with Crippen LogP contribution in [0.25, 0.3) is 10.2 Å². The lowest BCUT2D eigenvalue weighted by Crippen LogP contribution is -2.17. The van der Waals surface area contributed by atoms with Crippen molar-refractivity contribution in [2.24, 2.45) is 5.10 Å². The number of benzene rings is 4. The summed E-state index contributed by atoms with van der Waals surface area (Å²) in [6, 6.07) is 22.7. The molecule has 4 aromatic carbocycles. The highest BCUT2D eigenvalue weighted by Crippen LogP contribution is 2.33. The average Bonchev–Trinajstić information content (AvgIpc) is 4.12. The van der Waals surface area contributed by atoms with Gasteiger partial charge in [-0.2, -0.15) is 5.10 Å². The minimum Gasteiger partial charge on any atom is -0.464 e. The molecule has 0 bridgehead atoms. The molecule has 69 heavy (non-hydrogen) atoms. The molecule has 4 unspecified atom stereocenters. The highest BCUT2D eigenvalue weighted by Gasteiger charge is 2.26. The van der Waals surface area contributed by atoms with Gasteiger partial charge < -0.3 is 66.3 Å². The van der Waals surface area contributed by atoms with Gasteiger partial charge in [0.1, 0.15) is 30.2 Å². The number of aromatic nitrogens is 1. The second kappa shape index (κ2) is 24.1. The Bertz CT molecular complexity index is 2490. The monoisotopic (exact) mass is 971 g/mol. The molecule has 0 aliphatic carbocycles. The minimum absolute atomic E-state index is 0.0289. The summed E-state index contributed by atoms with van der Waals surface area (Å²) in [5.41, 5.74) is 2.61. The van der Waals surface area contributed by atoms with Gasteiger partial charge >= 0.3 is 11.9 Å². The van der Waals surface area contributed by atoms with E-state index in [4.69, 9.17) is 76.4 Å². The molecule has 0 spiro atoms. The van der Waals surface area contributed by atoms with E-state index in [0.717, 1.165) is 27.3 Å². The molecule has 9 rings (SSSR count). The lowest BCUT2D eigenvalue weighted by Gasteiger charge is -2.16. The predicted octanol–water partition coefficient (Wildman–Crippen LogP) is 6.17. The maximum atomic E-state index is 13.9. The number of esters is 2. The van der Waals surface area contributed by atoms with Crippen LogP contribution in [0.4, 0.5) is 5.13 Å². The molecule has 5 aromatic rings. The maximum Gasteiger partial charge on any atom is 0.343 e. The van der Waals surface area contributed by atoms with Crippen molar-refractivity contribution in [3.63, 3.8) is 0 Å². The van der Waals surface area contributed by atoms with Crippen molar-refractivity contribution < 1.29 is 75.9 Å².